The van der Waals surface area contributed by atoms with Crippen LogP contribution in [-0.4, -0.2) is 27.5 Å². The molecule has 0 fully saturated rings. The molecule has 0 bridgehead atoms. The van der Waals surface area contributed by atoms with E-state index in [1.807, 2.05) is 0 Å². The van der Waals surface area contributed by atoms with Crippen molar-refractivity contribution < 1.29 is 14.0 Å². The average molecular weight is 431 g/mol. The lowest BCUT2D eigenvalue weighted by Gasteiger charge is -2.38. The molecule has 0 aliphatic heterocycles. The number of benzene rings is 1. The van der Waals surface area contributed by atoms with E-state index in [1.165, 1.54) is 18.2 Å². The summed E-state index contributed by atoms with van der Waals surface area (Å²) in [6.07, 6.45) is 14.3. The Kier molecular flexibility index (Phi) is 11.4. The number of carbonyl (C=O) groups excluding carboxylic acids is 1. The average Bonchev–Trinajstić information content (AvgIpc) is 2.69. The Morgan fingerprint density at radius 2 is 1.83 bits per heavy atom. The summed E-state index contributed by atoms with van der Waals surface area (Å²) in [6.45, 7) is 13.7. The van der Waals surface area contributed by atoms with Crippen LogP contribution in [0.4, 0.5) is 0 Å². The van der Waals surface area contributed by atoms with E-state index in [0.717, 1.165) is 32.1 Å². The molecule has 0 heterocycles. The molecular weight excluding hydrogens is 388 g/mol. The van der Waals surface area contributed by atoms with Crippen molar-refractivity contribution in [2.75, 3.05) is 7.11 Å². The molecule has 1 rings (SSSR count). The second-order valence-electron chi connectivity index (χ2n) is 9.38. The van der Waals surface area contributed by atoms with Gasteiger partial charge in [-0.15, -0.1) is 0 Å². The molecule has 0 aliphatic rings. The molecule has 0 spiro atoms. The topological polar surface area (TPSA) is 35.5 Å². The van der Waals surface area contributed by atoms with Crippen LogP contribution in [0.2, 0.25) is 18.1 Å². The van der Waals surface area contributed by atoms with Gasteiger partial charge in [0.1, 0.15) is 0 Å². The Morgan fingerprint density at radius 3 is 2.47 bits per heavy atom. The number of hydrogen-bond acceptors (Lipinski definition) is 3. The zero-order valence-corrected chi connectivity index (χ0v) is 21.2. The van der Waals surface area contributed by atoms with Crippen molar-refractivity contribution in [3.05, 3.63) is 53.6 Å². The molecule has 30 heavy (non-hydrogen) atoms. The summed E-state index contributed by atoms with van der Waals surface area (Å²) in [6, 6.07) is 8.56. The third kappa shape index (κ3) is 9.44. The maximum absolute atomic E-state index is 11.1. The van der Waals surface area contributed by atoms with Gasteiger partial charge in [-0.05, 0) is 61.4 Å². The van der Waals surface area contributed by atoms with Crippen molar-refractivity contribution in [1.82, 2.24) is 0 Å². The molecule has 0 N–H and O–H groups in total. The summed E-state index contributed by atoms with van der Waals surface area (Å²) < 4.78 is 11.2. The molecule has 1 atom stereocenters. The predicted molar refractivity (Wildman–Crippen MR) is 131 cm³/mol. The molecule has 0 amide bonds. The van der Waals surface area contributed by atoms with Crippen molar-refractivity contribution in [2.24, 2.45) is 0 Å². The molecule has 0 radical (unpaired) electrons. The molecule has 0 unspecified atom stereocenters. The number of hydrogen-bond donors (Lipinski definition) is 0. The lowest BCUT2D eigenvalue weighted by atomic mass is 10.0. The first-order valence-electron chi connectivity index (χ1n) is 11.3. The number of allylic oxidation sites excluding steroid dienone is 2. The van der Waals surface area contributed by atoms with Gasteiger partial charge in [0, 0.05) is 6.42 Å². The Labute approximate surface area is 185 Å². The fourth-order valence-corrected chi connectivity index (χ4v) is 4.22. The summed E-state index contributed by atoms with van der Waals surface area (Å²) in [4.78, 5) is 11.1. The third-order valence-electron chi connectivity index (χ3n) is 5.93. The number of esters is 1. The molecule has 3 nitrogen and oxygen atoms in total. The predicted octanol–water partition coefficient (Wildman–Crippen LogP) is 7.33. The minimum Gasteiger partial charge on any atom is -0.469 e. The summed E-state index contributed by atoms with van der Waals surface area (Å²) in [5.41, 5.74) is 2.58. The van der Waals surface area contributed by atoms with Crippen molar-refractivity contribution in [3.63, 3.8) is 0 Å². The van der Waals surface area contributed by atoms with Gasteiger partial charge in [-0.2, -0.15) is 0 Å². The maximum Gasteiger partial charge on any atom is 0.305 e. The van der Waals surface area contributed by atoms with Crippen LogP contribution in [0.3, 0.4) is 0 Å². The molecule has 0 aliphatic carbocycles. The third-order valence-corrected chi connectivity index (χ3v) is 10.4. The second kappa shape index (κ2) is 12.9. The molecule has 0 aromatic heterocycles. The van der Waals surface area contributed by atoms with Crippen LogP contribution in [0, 0.1) is 0 Å². The molecular formula is C26H42O3Si. The molecule has 1 aromatic carbocycles. The lowest BCUT2D eigenvalue weighted by molar-refractivity contribution is -0.140. The zero-order valence-electron chi connectivity index (χ0n) is 20.2. The van der Waals surface area contributed by atoms with Crippen LogP contribution in [0.1, 0.15) is 70.9 Å². The highest BCUT2D eigenvalue weighted by Gasteiger charge is 2.38. The van der Waals surface area contributed by atoms with Crippen LogP contribution in [0.25, 0.3) is 6.08 Å². The van der Waals surface area contributed by atoms with Crippen molar-refractivity contribution in [1.29, 1.82) is 0 Å². The number of methoxy groups -OCH3 is 1. The van der Waals surface area contributed by atoms with Gasteiger partial charge in [-0.1, -0.05) is 76.3 Å². The van der Waals surface area contributed by atoms with Gasteiger partial charge in [0.05, 0.1) is 13.2 Å². The molecule has 0 saturated heterocycles. The zero-order chi connectivity index (χ0) is 22.6. The van der Waals surface area contributed by atoms with E-state index in [2.05, 4.69) is 94.1 Å². The van der Waals surface area contributed by atoms with Crippen LogP contribution < -0.4 is 0 Å². The van der Waals surface area contributed by atoms with E-state index in [-0.39, 0.29) is 17.1 Å². The smallest absolute Gasteiger partial charge is 0.305 e. The fourth-order valence-electron chi connectivity index (χ4n) is 2.87. The van der Waals surface area contributed by atoms with Crippen molar-refractivity contribution in [3.8, 4) is 0 Å². The molecule has 168 valence electrons. The Hall–Kier alpha value is -1.65. The van der Waals surface area contributed by atoms with Crippen molar-refractivity contribution >= 4 is 20.4 Å². The van der Waals surface area contributed by atoms with E-state index in [9.17, 15) is 4.79 Å². The minimum absolute atomic E-state index is 0.123. The first-order valence-corrected chi connectivity index (χ1v) is 14.2. The van der Waals surface area contributed by atoms with E-state index >= 15 is 0 Å². The van der Waals surface area contributed by atoms with Crippen molar-refractivity contribution in [2.45, 2.75) is 90.5 Å². The largest absolute Gasteiger partial charge is 0.469 e. The summed E-state index contributed by atoms with van der Waals surface area (Å²) in [5.74, 6) is -0.123. The van der Waals surface area contributed by atoms with E-state index < -0.39 is 8.32 Å². The summed E-state index contributed by atoms with van der Waals surface area (Å²) in [5, 5.41) is 0.216. The fraction of sp³-hybridized carbons (Fsp3) is 0.577. The molecule has 0 saturated carbocycles. The van der Waals surface area contributed by atoms with Gasteiger partial charge < -0.3 is 9.16 Å². The monoisotopic (exact) mass is 430 g/mol. The van der Waals surface area contributed by atoms with Crippen LogP contribution in [0.5, 0.6) is 0 Å². The van der Waals surface area contributed by atoms with Gasteiger partial charge in [0.25, 0.3) is 0 Å². The number of carbonyl (C=O) groups is 1. The SMILES string of the molecule is CC[C@H](/C=C/c1ccccc1C/C=C/CCCCC(=O)OC)O[Si](C)(C)C(C)(C)C. The molecule has 4 heteroatoms. The Bertz CT molecular complexity index is 698. The highest BCUT2D eigenvalue weighted by atomic mass is 28.4. The Balaban J connectivity index is 2.65. The van der Waals surface area contributed by atoms with E-state index in [4.69, 9.17) is 4.43 Å². The number of rotatable bonds is 12. The van der Waals surface area contributed by atoms with Crippen LogP contribution >= 0.6 is 0 Å². The first-order chi connectivity index (χ1) is 14.1. The highest BCUT2D eigenvalue weighted by Crippen LogP contribution is 2.37. The highest BCUT2D eigenvalue weighted by molar-refractivity contribution is 6.74. The lowest BCUT2D eigenvalue weighted by Crippen LogP contribution is -2.43. The van der Waals surface area contributed by atoms with E-state index in [0.29, 0.717) is 6.42 Å². The van der Waals surface area contributed by atoms with Gasteiger partial charge in [0.15, 0.2) is 8.32 Å². The summed E-state index contributed by atoms with van der Waals surface area (Å²) in [7, 11) is -0.338. The first kappa shape index (κ1) is 26.4. The van der Waals surface area contributed by atoms with E-state index in [1.54, 1.807) is 0 Å². The standard InChI is InChI=1S/C26H42O3Si/c1-8-24(29-30(6,7)26(2,3)4)21-20-23-18-15-14-17-22(23)16-12-10-9-11-13-19-25(27)28-5/h10,12,14-15,17-18,20-21,24H,8-9,11,13,16,19H2,1-7H3/b12-10+,21-20+/t24-/m1/s1. The normalized spacial score (nSPS) is 13.8. The Morgan fingerprint density at radius 1 is 1.13 bits per heavy atom. The maximum atomic E-state index is 11.1. The number of ether oxygens (including phenoxy) is 1. The van der Waals surface area contributed by atoms with Gasteiger partial charge in [-0.25, -0.2) is 0 Å². The van der Waals surface area contributed by atoms with Gasteiger partial charge in [-0.3, -0.25) is 4.79 Å². The van der Waals surface area contributed by atoms with Gasteiger partial charge in [0.2, 0.25) is 0 Å². The van der Waals surface area contributed by atoms with Gasteiger partial charge >= 0.3 is 5.97 Å². The van der Waals surface area contributed by atoms with Crippen LogP contribution in [-0.2, 0) is 20.4 Å². The second-order valence-corrected chi connectivity index (χ2v) is 14.1. The molecule has 1 aromatic rings. The minimum atomic E-state index is -1.78. The van der Waals surface area contributed by atoms with Crippen LogP contribution in [0.15, 0.2) is 42.5 Å². The number of unbranched alkanes of at least 4 members (excludes halogenated alkanes) is 2. The quantitative estimate of drug-likeness (QED) is 0.151. The summed E-state index contributed by atoms with van der Waals surface area (Å²) >= 11 is 0.